The van der Waals surface area contributed by atoms with Gasteiger partial charge in [-0.2, -0.15) is 0 Å². The molecular formula is C12H16N2O2. The fourth-order valence-electron chi connectivity index (χ4n) is 2.01. The molecule has 0 saturated heterocycles. The SMILES string of the molecule is CN1C(=O)CCc2cc(C(N)CO)ccc21. The van der Waals surface area contributed by atoms with Gasteiger partial charge in [0.25, 0.3) is 0 Å². The standard InChI is InChI=1S/C12H16N2O2/c1-14-11-4-2-8(10(13)7-15)6-9(11)3-5-12(14)16/h2,4,6,10,15H,3,5,7,13H2,1H3. The number of aliphatic hydroxyl groups excluding tert-OH is 1. The molecule has 0 bridgehead atoms. The molecule has 1 aromatic rings. The highest BCUT2D eigenvalue weighted by atomic mass is 16.3. The van der Waals surface area contributed by atoms with Crippen molar-refractivity contribution in [2.75, 3.05) is 18.6 Å². The van der Waals surface area contributed by atoms with Gasteiger partial charge in [0.05, 0.1) is 12.6 Å². The van der Waals surface area contributed by atoms with E-state index in [0.29, 0.717) is 6.42 Å². The van der Waals surface area contributed by atoms with Crippen LogP contribution < -0.4 is 10.6 Å². The fraction of sp³-hybridized carbons (Fsp3) is 0.417. The second kappa shape index (κ2) is 4.23. The minimum atomic E-state index is -0.340. The van der Waals surface area contributed by atoms with Gasteiger partial charge in [-0.25, -0.2) is 0 Å². The molecule has 86 valence electrons. The van der Waals surface area contributed by atoms with Crippen LogP contribution in [0, 0.1) is 0 Å². The van der Waals surface area contributed by atoms with E-state index >= 15 is 0 Å². The highest BCUT2D eigenvalue weighted by Gasteiger charge is 2.21. The van der Waals surface area contributed by atoms with Gasteiger partial charge >= 0.3 is 0 Å². The van der Waals surface area contributed by atoms with E-state index < -0.39 is 0 Å². The number of aliphatic hydroxyl groups is 1. The van der Waals surface area contributed by atoms with E-state index in [9.17, 15) is 4.79 Å². The smallest absolute Gasteiger partial charge is 0.227 e. The summed E-state index contributed by atoms with van der Waals surface area (Å²) in [6, 6.07) is 5.42. The molecular weight excluding hydrogens is 204 g/mol. The van der Waals surface area contributed by atoms with Crippen LogP contribution in [-0.2, 0) is 11.2 Å². The summed E-state index contributed by atoms with van der Waals surface area (Å²) in [4.78, 5) is 13.2. The minimum Gasteiger partial charge on any atom is -0.394 e. The molecule has 0 radical (unpaired) electrons. The third-order valence-electron chi connectivity index (χ3n) is 3.07. The molecule has 2 rings (SSSR count). The van der Waals surface area contributed by atoms with Crippen LogP contribution in [-0.4, -0.2) is 24.7 Å². The first-order valence-electron chi connectivity index (χ1n) is 5.39. The molecule has 0 aliphatic carbocycles. The van der Waals surface area contributed by atoms with E-state index in [1.54, 1.807) is 11.9 Å². The number of rotatable bonds is 2. The van der Waals surface area contributed by atoms with Crippen molar-refractivity contribution >= 4 is 11.6 Å². The van der Waals surface area contributed by atoms with E-state index in [1.165, 1.54) is 0 Å². The molecule has 1 unspecified atom stereocenters. The van der Waals surface area contributed by atoms with Crippen LogP contribution >= 0.6 is 0 Å². The number of anilines is 1. The molecule has 1 heterocycles. The molecule has 16 heavy (non-hydrogen) atoms. The first-order valence-corrected chi connectivity index (χ1v) is 5.39. The Hall–Kier alpha value is -1.39. The van der Waals surface area contributed by atoms with Gasteiger partial charge in [0.2, 0.25) is 5.91 Å². The van der Waals surface area contributed by atoms with Crippen molar-refractivity contribution in [1.29, 1.82) is 0 Å². The van der Waals surface area contributed by atoms with Crippen molar-refractivity contribution in [2.24, 2.45) is 5.73 Å². The van der Waals surface area contributed by atoms with Gasteiger partial charge in [-0.15, -0.1) is 0 Å². The molecule has 0 spiro atoms. The van der Waals surface area contributed by atoms with Gasteiger partial charge in [-0.1, -0.05) is 12.1 Å². The molecule has 0 aromatic heterocycles. The lowest BCUT2D eigenvalue weighted by Gasteiger charge is -2.26. The predicted octanol–water partition coefficient (Wildman–Crippen LogP) is 0.588. The van der Waals surface area contributed by atoms with E-state index in [-0.39, 0.29) is 18.6 Å². The van der Waals surface area contributed by atoms with Gasteiger partial charge in [-0.3, -0.25) is 4.79 Å². The Kier molecular flexibility index (Phi) is 2.94. The average Bonchev–Trinajstić information content (AvgIpc) is 2.32. The molecule has 1 aromatic carbocycles. The molecule has 1 aliphatic rings. The van der Waals surface area contributed by atoms with Crippen molar-refractivity contribution in [3.05, 3.63) is 29.3 Å². The highest BCUT2D eigenvalue weighted by Crippen LogP contribution is 2.28. The second-order valence-electron chi connectivity index (χ2n) is 4.13. The van der Waals surface area contributed by atoms with Gasteiger partial charge < -0.3 is 15.7 Å². The molecule has 3 N–H and O–H groups in total. The van der Waals surface area contributed by atoms with Gasteiger partial charge in [0.1, 0.15) is 0 Å². The maximum atomic E-state index is 11.5. The quantitative estimate of drug-likeness (QED) is 0.766. The van der Waals surface area contributed by atoms with Crippen molar-refractivity contribution in [3.63, 3.8) is 0 Å². The van der Waals surface area contributed by atoms with Gasteiger partial charge in [0.15, 0.2) is 0 Å². The number of nitrogens with two attached hydrogens (primary N) is 1. The Labute approximate surface area is 94.7 Å². The maximum Gasteiger partial charge on any atom is 0.227 e. The van der Waals surface area contributed by atoms with Crippen LogP contribution in [0.25, 0.3) is 0 Å². The molecule has 1 atom stereocenters. The van der Waals surface area contributed by atoms with Crippen LogP contribution in [0.2, 0.25) is 0 Å². The third-order valence-corrected chi connectivity index (χ3v) is 3.07. The number of amides is 1. The monoisotopic (exact) mass is 220 g/mol. The number of hydrogen-bond acceptors (Lipinski definition) is 3. The van der Waals surface area contributed by atoms with Gasteiger partial charge in [0, 0.05) is 19.2 Å². The molecule has 0 saturated carbocycles. The Bertz CT molecular complexity index is 417. The zero-order valence-electron chi connectivity index (χ0n) is 9.31. The number of carbonyl (C=O) groups excluding carboxylic acids is 1. The van der Waals surface area contributed by atoms with Crippen LogP contribution in [0.1, 0.15) is 23.6 Å². The first-order chi connectivity index (χ1) is 7.63. The zero-order chi connectivity index (χ0) is 11.7. The minimum absolute atomic E-state index is 0.0619. The van der Waals surface area contributed by atoms with Crippen molar-refractivity contribution < 1.29 is 9.90 Å². The first kappa shape index (κ1) is 11.1. The topological polar surface area (TPSA) is 66.6 Å². The lowest BCUT2D eigenvalue weighted by Crippen LogP contribution is -2.31. The number of carbonyl (C=O) groups is 1. The number of aryl methyl sites for hydroxylation is 1. The van der Waals surface area contributed by atoms with Crippen LogP contribution in [0.5, 0.6) is 0 Å². The molecule has 4 heteroatoms. The van der Waals surface area contributed by atoms with E-state index in [1.807, 2.05) is 18.2 Å². The fourth-order valence-corrected chi connectivity index (χ4v) is 2.01. The van der Waals surface area contributed by atoms with Crippen molar-refractivity contribution in [1.82, 2.24) is 0 Å². The summed E-state index contributed by atoms with van der Waals surface area (Å²) >= 11 is 0. The third kappa shape index (κ3) is 1.81. The number of nitrogens with zero attached hydrogens (tertiary/aromatic N) is 1. The summed E-state index contributed by atoms with van der Waals surface area (Å²) in [5, 5.41) is 9.00. The van der Waals surface area contributed by atoms with E-state index in [0.717, 1.165) is 23.2 Å². The van der Waals surface area contributed by atoms with E-state index in [4.69, 9.17) is 10.8 Å². The number of benzene rings is 1. The Morgan fingerprint density at radius 1 is 1.50 bits per heavy atom. The molecule has 4 nitrogen and oxygen atoms in total. The van der Waals surface area contributed by atoms with Crippen molar-refractivity contribution in [2.45, 2.75) is 18.9 Å². The summed E-state index contributed by atoms with van der Waals surface area (Å²) in [7, 11) is 1.78. The molecule has 1 aliphatic heterocycles. The Morgan fingerprint density at radius 3 is 2.94 bits per heavy atom. The van der Waals surface area contributed by atoms with Crippen LogP contribution in [0.4, 0.5) is 5.69 Å². The normalized spacial score (nSPS) is 17.2. The lowest BCUT2D eigenvalue weighted by atomic mass is 9.97. The van der Waals surface area contributed by atoms with Crippen LogP contribution in [0.15, 0.2) is 18.2 Å². The molecule has 0 fully saturated rings. The maximum absolute atomic E-state index is 11.5. The molecule has 1 amide bonds. The van der Waals surface area contributed by atoms with Gasteiger partial charge in [-0.05, 0) is 23.6 Å². The zero-order valence-corrected chi connectivity index (χ0v) is 9.31. The van der Waals surface area contributed by atoms with E-state index in [2.05, 4.69) is 0 Å². The van der Waals surface area contributed by atoms with Crippen LogP contribution in [0.3, 0.4) is 0 Å². The average molecular weight is 220 g/mol. The Morgan fingerprint density at radius 2 is 2.25 bits per heavy atom. The summed E-state index contributed by atoms with van der Waals surface area (Å²) in [5.41, 5.74) is 8.76. The largest absolute Gasteiger partial charge is 0.394 e. The summed E-state index contributed by atoms with van der Waals surface area (Å²) in [6.45, 7) is -0.0619. The number of fused-ring (bicyclic) bond motifs is 1. The lowest BCUT2D eigenvalue weighted by molar-refractivity contribution is -0.118. The Balaban J connectivity index is 2.37. The highest BCUT2D eigenvalue weighted by molar-refractivity contribution is 5.95. The predicted molar refractivity (Wildman–Crippen MR) is 62.2 cm³/mol. The summed E-state index contributed by atoms with van der Waals surface area (Å²) < 4.78 is 0. The second-order valence-corrected chi connectivity index (χ2v) is 4.13. The summed E-state index contributed by atoms with van der Waals surface area (Å²) in [5.74, 6) is 0.145. The number of hydrogen-bond donors (Lipinski definition) is 2. The van der Waals surface area contributed by atoms with Crippen molar-refractivity contribution in [3.8, 4) is 0 Å². The summed E-state index contributed by atoms with van der Waals surface area (Å²) in [6.07, 6.45) is 1.30.